The van der Waals surface area contributed by atoms with Gasteiger partial charge in [-0.3, -0.25) is 9.91 Å². The molecule has 0 radical (unpaired) electrons. The topological polar surface area (TPSA) is 72.0 Å². The fraction of sp³-hybridized carbons (Fsp3) is 0.600. The molecule has 0 aliphatic carbocycles. The molecule has 2 fully saturated rings. The van der Waals surface area contributed by atoms with Crippen molar-refractivity contribution < 1.29 is 40.6 Å². The molecule has 50 heavy (non-hydrogen) atoms. The Morgan fingerprint density at radius 1 is 1.08 bits per heavy atom. The summed E-state index contributed by atoms with van der Waals surface area (Å²) in [6.07, 6.45) is -4.15. The highest BCUT2D eigenvalue weighted by atomic mass is 28.3. The number of hydrogen-bond donors (Lipinski definition) is 1. The zero-order valence-electron chi connectivity index (χ0n) is 29.6. The summed E-state index contributed by atoms with van der Waals surface area (Å²) in [5.41, 5.74) is -1.35. The van der Waals surface area contributed by atoms with E-state index in [1.165, 1.54) is 18.0 Å². The number of aromatic nitrogens is 2. The molecule has 0 bridgehead atoms. The Morgan fingerprint density at radius 3 is 2.50 bits per heavy atom. The Hall–Kier alpha value is -3.14. The molecule has 1 N–H and O–H groups in total. The molecule has 2 atom stereocenters. The van der Waals surface area contributed by atoms with Crippen LogP contribution in [0.3, 0.4) is 0 Å². The van der Waals surface area contributed by atoms with E-state index in [0.29, 0.717) is 18.6 Å². The number of rotatable bonds is 10. The van der Waals surface area contributed by atoms with E-state index < -0.39 is 65.4 Å². The van der Waals surface area contributed by atoms with Gasteiger partial charge < -0.3 is 14.2 Å². The van der Waals surface area contributed by atoms with Crippen LogP contribution >= 0.6 is 0 Å². The van der Waals surface area contributed by atoms with Gasteiger partial charge in [0.1, 0.15) is 36.4 Å². The summed E-state index contributed by atoms with van der Waals surface area (Å²) >= 11 is 0. The minimum Gasteiger partial charge on any atom is -0.471 e. The molecule has 0 amide bonds. The van der Waals surface area contributed by atoms with Gasteiger partial charge in [-0.2, -0.15) is 23.1 Å². The van der Waals surface area contributed by atoms with Crippen molar-refractivity contribution >= 4 is 24.7 Å². The van der Waals surface area contributed by atoms with Crippen molar-refractivity contribution in [3.05, 3.63) is 40.5 Å². The number of fused-ring (bicyclic) bond motifs is 3. The molecule has 4 heterocycles. The number of hydrogen-bond acceptors (Lipinski definition) is 8. The summed E-state index contributed by atoms with van der Waals surface area (Å²) in [4.78, 5) is 10.7. The lowest BCUT2D eigenvalue weighted by Crippen LogP contribution is -2.43. The van der Waals surface area contributed by atoms with E-state index in [1.54, 1.807) is 20.8 Å². The van der Waals surface area contributed by atoms with E-state index in [1.807, 2.05) is 4.90 Å². The van der Waals surface area contributed by atoms with Crippen LogP contribution in [0.1, 0.15) is 56.7 Å². The van der Waals surface area contributed by atoms with Gasteiger partial charge in [-0.1, -0.05) is 25.7 Å². The lowest BCUT2D eigenvalue weighted by molar-refractivity contribution is -0.137. The molecule has 8 nitrogen and oxygen atoms in total. The zero-order valence-corrected chi connectivity index (χ0v) is 30.6. The monoisotopic (exact) mass is 725 g/mol. The van der Waals surface area contributed by atoms with Gasteiger partial charge in [-0.15, -0.1) is 0 Å². The first-order chi connectivity index (χ1) is 23.3. The third kappa shape index (κ3) is 7.28. The van der Waals surface area contributed by atoms with E-state index in [2.05, 4.69) is 35.0 Å². The molecule has 3 aromatic rings. The Kier molecular flexibility index (Phi) is 9.62. The summed E-state index contributed by atoms with van der Waals surface area (Å²) < 4.78 is 110. The van der Waals surface area contributed by atoms with Gasteiger partial charge in [0.25, 0.3) is 0 Å². The van der Waals surface area contributed by atoms with E-state index in [9.17, 15) is 17.6 Å². The minimum atomic E-state index is -4.96. The molecule has 0 spiro atoms. The van der Waals surface area contributed by atoms with Gasteiger partial charge in [0.2, 0.25) is 5.88 Å². The van der Waals surface area contributed by atoms with Crippen molar-refractivity contribution in [2.45, 2.75) is 103 Å². The Labute approximate surface area is 289 Å². The number of anilines is 1. The first kappa shape index (κ1) is 36.6. The molecule has 1 aromatic heterocycles. The van der Waals surface area contributed by atoms with Gasteiger partial charge in [0.05, 0.1) is 27.7 Å². The quantitative estimate of drug-likeness (QED) is 0.128. The molecule has 3 aliphatic rings. The molecule has 274 valence electrons. The number of aryl methyl sites for hydroxylation is 1. The van der Waals surface area contributed by atoms with Crippen LogP contribution in [0.25, 0.3) is 22.0 Å². The van der Waals surface area contributed by atoms with Gasteiger partial charge in [0, 0.05) is 39.8 Å². The molecule has 15 heteroatoms. The average molecular weight is 726 g/mol. The molecule has 0 saturated carbocycles. The van der Waals surface area contributed by atoms with Crippen molar-refractivity contribution in [2.75, 3.05) is 38.0 Å². The van der Waals surface area contributed by atoms with Gasteiger partial charge >= 0.3 is 12.2 Å². The molecule has 0 unspecified atom stereocenters. The van der Waals surface area contributed by atoms with E-state index in [-0.39, 0.29) is 61.4 Å². The van der Waals surface area contributed by atoms with Crippen molar-refractivity contribution in [1.82, 2.24) is 20.3 Å². The SMILES string of the molecule is Cc1cc2c(c(-c3c(F)cc4c(OC(C)(C)C)nc(OC[C@@]56CCCN5C[C@H](F)C6)nc4c3F)c1C(F)(F)F)N(COCC[Si](C)(C)C)NC2. The summed E-state index contributed by atoms with van der Waals surface area (Å²) in [5, 5.41) is 1.21. The van der Waals surface area contributed by atoms with Crippen LogP contribution in [0.5, 0.6) is 11.9 Å². The maximum Gasteiger partial charge on any atom is 0.417 e. The predicted octanol–water partition coefficient (Wildman–Crippen LogP) is 8.17. The Balaban J connectivity index is 1.49. The molecule has 6 rings (SSSR count). The number of ether oxygens (including phenoxy) is 3. The summed E-state index contributed by atoms with van der Waals surface area (Å²) in [6, 6.07) is 2.81. The maximum atomic E-state index is 17.0. The number of benzene rings is 2. The number of hydrazine groups is 1. The van der Waals surface area contributed by atoms with Crippen LogP contribution in [-0.4, -0.2) is 73.3 Å². The normalized spacial score (nSPS) is 21.3. The Morgan fingerprint density at radius 2 is 1.82 bits per heavy atom. The summed E-state index contributed by atoms with van der Waals surface area (Å²) in [6.45, 7) is 14.4. The van der Waals surface area contributed by atoms with Gasteiger partial charge in [-0.05, 0) is 70.3 Å². The predicted molar refractivity (Wildman–Crippen MR) is 182 cm³/mol. The van der Waals surface area contributed by atoms with Crippen LogP contribution in [0.2, 0.25) is 25.7 Å². The summed E-state index contributed by atoms with van der Waals surface area (Å²) in [7, 11) is -1.46. The third-order valence-electron chi connectivity index (χ3n) is 9.52. The van der Waals surface area contributed by atoms with Crippen molar-refractivity contribution in [3.8, 4) is 23.0 Å². The first-order valence-electron chi connectivity index (χ1n) is 17.0. The fourth-order valence-corrected chi connectivity index (χ4v) is 8.05. The minimum absolute atomic E-state index is 0.0193. The van der Waals surface area contributed by atoms with Crippen LogP contribution in [-0.2, 0) is 17.5 Å². The van der Waals surface area contributed by atoms with E-state index >= 15 is 8.78 Å². The lowest BCUT2D eigenvalue weighted by atomic mass is 9.89. The zero-order chi connectivity index (χ0) is 36.4. The molecular formula is C35H45F6N5O3Si. The first-order valence-corrected chi connectivity index (χ1v) is 20.7. The number of halogens is 6. The third-order valence-corrected chi connectivity index (χ3v) is 11.2. The molecule has 3 aliphatic heterocycles. The summed E-state index contributed by atoms with van der Waals surface area (Å²) in [5.74, 6) is -2.75. The van der Waals surface area contributed by atoms with Crippen LogP contribution in [0, 0.1) is 18.6 Å². The standard InChI is InChI=1S/C35H45F6N5O3Si/c1-20-13-21-16-42-46(19-47-11-12-50(5,6)7)30(21)26(27(20)35(39,40)41)25-24(37)14-23-29(28(25)38)43-32(44-31(23)49-33(2,3)4)48-18-34-9-8-10-45(34)17-22(36)15-34/h13-14,22,42H,8-12,15-19H2,1-7H3/t22-,34+/m1/s1. The van der Waals surface area contributed by atoms with Crippen molar-refractivity contribution in [1.29, 1.82) is 0 Å². The highest BCUT2D eigenvalue weighted by Gasteiger charge is 2.49. The van der Waals surface area contributed by atoms with Gasteiger partial charge in [-0.25, -0.2) is 18.6 Å². The molecular weight excluding hydrogens is 680 g/mol. The fourth-order valence-electron chi connectivity index (χ4n) is 7.29. The van der Waals surface area contributed by atoms with Gasteiger partial charge in [0.15, 0.2) is 5.82 Å². The maximum absolute atomic E-state index is 17.0. The molecule has 2 aromatic carbocycles. The smallest absolute Gasteiger partial charge is 0.417 e. The largest absolute Gasteiger partial charge is 0.471 e. The van der Waals surface area contributed by atoms with Crippen molar-refractivity contribution in [2.24, 2.45) is 0 Å². The number of alkyl halides is 4. The lowest BCUT2D eigenvalue weighted by Gasteiger charge is -2.31. The van der Waals surface area contributed by atoms with E-state index in [0.717, 1.165) is 25.1 Å². The second-order valence-electron chi connectivity index (χ2n) is 15.9. The van der Waals surface area contributed by atoms with Crippen LogP contribution in [0.15, 0.2) is 12.1 Å². The second-order valence-corrected chi connectivity index (χ2v) is 21.5. The highest BCUT2D eigenvalue weighted by molar-refractivity contribution is 6.76. The highest BCUT2D eigenvalue weighted by Crippen LogP contribution is 2.50. The van der Waals surface area contributed by atoms with Crippen LogP contribution < -0.4 is 19.9 Å². The second kappa shape index (κ2) is 13.1. The van der Waals surface area contributed by atoms with Crippen LogP contribution in [0.4, 0.5) is 32.0 Å². The molecule has 2 saturated heterocycles. The van der Waals surface area contributed by atoms with E-state index in [4.69, 9.17) is 14.2 Å². The average Bonchev–Trinajstić information content (AvgIpc) is 3.64. The Bertz CT molecular complexity index is 1780. The van der Waals surface area contributed by atoms with Crippen molar-refractivity contribution in [3.63, 3.8) is 0 Å². The number of nitrogens with zero attached hydrogens (tertiary/aromatic N) is 4. The number of nitrogens with one attached hydrogen (secondary N) is 1.